The summed E-state index contributed by atoms with van der Waals surface area (Å²) in [6.07, 6.45) is 6.34. The van der Waals surface area contributed by atoms with Crippen LogP contribution in [-0.4, -0.2) is 36.1 Å². The summed E-state index contributed by atoms with van der Waals surface area (Å²) in [6.45, 7) is 4.39. The second-order valence-corrected chi connectivity index (χ2v) is 4.67. The monoisotopic (exact) mass is 234 g/mol. The predicted octanol–water partition coefficient (Wildman–Crippen LogP) is 1.62. The van der Waals surface area contributed by atoms with Gasteiger partial charge in [0.25, 0.3) is 0 Å². The molecule has 0 aliphatic carbocycles. The standard InChI is InChI=1S/C13H22N4/c1-3-11-9-13(16-10-15-11)17(2)12-5-4-7-14-8-6-12/h9-10,12,14H,3-8H2,1-2H3. The summed E-state index contributed by atoms with van der Waals surface area (Å²) in [5, 5.41) is 3.45. The van der Waals surface area contributed by atoms with E-state index in [0.29, 0.717) is 6.04 Å². The van der Waals surface area contributed by atoms with Crippen LogP contribution in [0, 0.1) is 0 Å². The molecule has 1 aliphatic rings. The van der Waals surface area contributed by atoms with Crippen molar-refractivity contribution in [3.05, 3.63) is 18.1 Å². The minimum absolute atomic E-state index is 0.601. The van der Waals surface area contributed by atoms with Gasteiger partial charge in [-0.2, -0.15) is 0 Å². The first-order chi connectivity index (χ1) is 8.31. The highest BCUT2D eigenvalue weighted by atomic mass is 15.2. The highest BCUT2D eigenvalue weighted by Crippen LogP contribution is 2.18. The first kappa shape index (κ1) is 12.3. The highest BCUT2D eigenvalue weighted by molar-refractivity contribution is 5.39. The van der Waals surface area contributed by atoms with Gasteiger partial charge in [-0.05, 0) is 38.8 Å². The van der Waals surface area contributed by atoms with E-state index in [1.54, 1.807) is 6.33 Å². The fourth-order valence-electron chi connectivity index (χ4n) is 2.35. The Balaban J connectivity index is 2.08. The zero-order valence-electron chi connectivity index (χ0n) is 10.8. The van der Waals surface area contributed by atoms with Crippen molar-refractivity contribution >= 4 is 5.82 Å². The Hall–Kier alpha value is -1.16. The van der Waals surface area contributed by atoms with Gasteiger partial charge in [0.2, 0.25) is 0 Å². The third-order valence-electron chi connectivity index (χ3n) is 3.53. The van der Waals surface area contributed by atoms with Gasteiger partial charge in [0.15, 0.2) is 0 Å². The topological polar surface area (TPSA) is 41.0 Å². The second kappa shape index (κ2) is 5.96. The lowest BCUT2D eigenvalue weighted by Gasteiger charge is -2.28. The van der Waals surface area contributed by atoms with Crippen molar-refractivity contribution < 1.29 is 0 Å². The predicted molar refractivity (Wildman–Crippen MR) is 70.3 cm³/mol. The summed E-state index contributed by atoms with van der Waals surface area (Å²) >= 11 is 0. The Labute approximate surface area is 103 Å². The van der Waals surface area contributed by atoms with E-state index in [1.807, 2.05) is 0 Å². The maximum atomic E-state index is 4.39. The number of nitrogens with zero attached hydrogens (tertiary/aromatic N) is 3. The number of hydrogen-bond acceptors (Lipinski definition) is 4. The van der Waals surface area contributed by atoms with Crippen LogP contribution >= 0.6 is 0 Å². The lowest BCUT2D eigenvalue weighted by Crippen LogP contribution is -2.33. The maximum absolute atomic E-state index is 4.39. The van der Waals surface area contributed by atoms with Crippen LogP contribution in [0.25, 0.3) is 0 Å². The molecular weight excluding hydrogens is 212 g/mol. The van der Waals surface area contributed by atoms with E-state index in [9.17, 15) is 0 Å². The van der Waals surface area contributed by atoms with E-state index < -0.39 is 0 Å². The molecule has 1 saturated heterocycles. The van der Waals surface area contributed by atoms with Crippen molar-refractivity contribution in [3.63, 3.8) is 0 Å². The Kier molecular flexibility index (Phi) is 4.31. The summed E-state index contributed by atoms with van der Waals surface area (Å²) in [5.74, 6) is 1.06. The zero-order valence-corrected chi connectivity index (χ0v) is 10.8. The van der Waals surface area contributed by atoms with Crippen molar-refractivity contribution in [1.82, 2.24) is 15.3 Å². The van der Waals surface area contributed by atoms with E-state index in [-0.39, 0.29) is 0 Å². The summed E-state index contributed by atoms with van der Waals surface area (Å²) in [4.78, 5) is 11.0. The molecule has 4 nitrogen and oxygen atoms in total. The molecular formula is C13H22N4. The van der Waals surface area contributed by atoms with Gasteiger partial charge in [0, 0.05) is 24.8 Å². The molecule has 1 aromatic heterocycles. The fourth-order valence-corrected chi connectivity index (χ4v) is 2.35. The Morgan fingerprint density at radius 3 is 3.06 bits per heavy atom. The third kappa shape index (κ3) is 3.16. The van der Waals surface area contributed by atoms with Gasteiger partial charge in [0.1, 0.15) is 12.1 Å². The summed E-state index contributed by atoms with van der Waals surface area (Å²) in [7, 11) is 2.15. The van der Waals surface area contributed by atoms with E-state index in [0.717, 1.165) is 31.0 Å². The smallest absolute Gasteiger partial charge is 0.132 e. The molecule has 0 radical (unpaired) electrons. The van der Waals surface area contributed by atoms with Crippen molar-refractivity contribution in [2.24, 2.45) is 0 Å². The Bertz CT molecular complexity index is 345. The zero-order chi connectivity index (χ0) is 12.1. The second-order valence-electron chi connectivity index (χ2n) is 4.67. The SMILES string of the molecule is CCc1cc(N(C)C2CCCNCC2)ncn1. The van der Waals surface area contributed by atoms with Crippen LogP contribution in [0.1, 0.15) is 31.9 Å². The molecule has 94 valence electrons. The maximum Gasteiger partial charge on any atom is 0.132 e. The van der Waals surface area contributed by atoms with Gasteiger partial charge in [-0.15, -0.1) is 0 Å². The first-order valence-corrected chi connectivity index (χ1v) is 6.55. The molecule has 1 fully saturated rings. The van der Waals surface area contributed by atoms with Crippen LogP contribution in [0.4, 0.5) is 5.82 Å². The quantitative estimate of drug-likeness (QED) is 0.863. The molecule has 2 rings (SSSR count). The first-order valence-electron chi connectivity index (χ1n) is 6.55. The van der Waals surface area contributed by atoms with E-state index in [1.165, 1.54) is 19.3 Å². The lowest BCUT2D eigenvalue weighted by atomic mass is 10.1. The molecule has 1 N–H and O–H groups in total. The normalized spacial score (nSPS) is 20.9. The van der Waals surface area contributed by atoms with Gasteiger partial charge in [-0.25, -0.2) is 9.97 Å². The number of rotatable bonds is 3. The van der Waals surface area contributed by atoms with Crippen LogP contribution in [0.15, 0.2) is 12.4 Å². The number of aromatic nitrogens is 2. The minimum Gasteiger partial charge on any atom is -0.357 e. The van der Waals surface area contributed by atoms with Crippen molar-refractivity contribution in [3.8, 4) is 0 Å². The number of aryl methyl sites for hydroxylation is 1. The molecule has 0 bridgehead atoms. The van der Waals surface area contributed by atoms with Crippen molar-refractivity contribution in [2.45, 2.75) is 38.6 Å². The third-order valence-corrected chi connectivity index (χ3v) is 3.53. The molecule has 1 aromatic rings. The van der Waals surface area contributed by atoms with Crippen LogP contribution < -0.4 is 10.2 Å². The summed E-state index contributed by atoms with van der Waals surface area (Å²) in [6, 6.07) is 2.71. The Morgan fingerprint density at radius 1 is 1.35 bits per heavy atom. The van der Waals surface area contributed by atoms with Gasteiger partial charge >= 0.3 is 0 Å². The highest BCUT2D eigenvalue weighted by Gasteiger charge is 2.18. The molecule has 4 heteroatoms. The largest absolute Gasteiger partial charge is 0.357 e. The van der Waals surface area contributed by atoms with Crippen LogP contribution in [0.3, 0.4) is 0 Å². The number of hydrogen-bond donors (Lipinski definition) is 1. The molecule has 2 heterocycles. The van der Waals surface area contributed by atoms with Crippen LogP contribution in [0.2, 0.25) is 0 Å². The van der Waals surface area contributed by atoms with Gasteiger partial charge in [-0.1, -0.05) is 6.92 Å². The molecule has 0 aromatic carbocycles. The lowest BCUT2D eigenvalue weighted by molar-refractivity contribution is 0.562. The minimum atomic E-state index is 0.601. The van der Waals surface area contributed by atoms with Crippen LogP contribution in [0.5, 0.6) is 0 Å². The average Bonchev–Trinajstić information content (AvgIpc) is 2.67. The Morgan fingerprint density at radius 2 is 2.24 bits per heavy atom. The van der Waals surface area contributed by atoms with E-state index in [2.05, 4.69) is 40.2 Å². The number of anilines is 1. The average molecular weight is 234 g/mol. The number of nitrogens with one attached hydrogen (secondary N) is 1. The molecule has 0 amide bonds. The summed E-state index contributed by atoms with van der Waals surface area (Å²) < 4.78 is 0. The molecule has 0 saturated carbocycles. The summed E-state index contributed by atoms with van der Waals surface area (Å²) in [5.41, 5.74) is 1.12. The fraction of sp³-hybridized carbons (Fsp3) is 0.692. The molecule has 17 heavy (non-hydrogen) atoms. The van der Waals surface area contributed by atoms with Gasteiger partial charge in [0.05, 0.1) is 0 Å². The van der Waals surface area contributed by atoms with Gasteiger partial charge in [-0.3, -0.25) is 0 Å². The molecule has 1 aliphatic heterocycles. The molecule has 1 unspecified atom stereocenters. The van der Waals surface area contributed by atoms with Crippen molar-refractivity contribution in [1.29, 1.82) is 0 Å². The van der Waals surface area contributed by atoms with E-state index >= 15 is 0 Å². The van der Waals surface area contributed by atoms with Crippen LogP contribution in [-0.2, 0) is 6.42 Å². The molecule has 0 spiro atoms. The van der Waals surface area contributed by atoms with E-state index in [4.69, 9.17) is 0 Å². The molecule has 1 atom stereocenters. The van der Waals surface area contributed by atoms with Crippen molar-refractivity contribution in [2.75, 3.05) is 25.0 Å². The van der Waals surface area contributed by atoms with Gasteiger partial charge < -0.3 is 10.2 Å².